The van der Waals surface area contributed by atoms with Gasteiger partial charge in [0.25, 0.3) is 0 Å². The molecule has 2 rings (SSSR count). The summed E-state index contributed by atoms with van der Waals surface area (Å²) >= 11 is 0. The fraction of sp³-hybridized carbons (Fsp3) is 0.364. The molecule has 4 nitrogen and oxygen atoms in total. The molecule has 1 fully saturated rings. The van der Waals surface area contributed by atoms with Gasteiger partial charge in [-0.15, -0.1) is 0 Å². The van der Waals surface area contributed by atoms with E-state index in [4.69, 9.17) is 0 Å². The van der Waals surface area contributed by atoms with E-state index in [2.05, 4.69) is 0 Å². The zero-order chi connectivity index (χ0) is 11.5. The molecule has 1 aliphatic rings. The first kappa shape index (κ1) is 11.1. The maximum absolute atomic E-state index is 11.8. The Bertz CT molecular complexity index is 408. The van der Waals surface area contributed by atoms with Gasteiger partial charge in [0.2, 0.25) is 0 Å². The third kappa shape index (κ3) is 2.24. The minimum Gasteiger partial charge on any atom is -0.319 e. The Labute approximate surface area is 97.4 Å². The molecule has 16 heavy (non-hydrogen) atoms. The van der Waals surface area contributed by atoms with Gasteiger partial charge in [0.1, 0.15) is 11.0 Å². The summed E-state index contributed by atoms with van der Waals surface area (Å²) in [6.45, 7) is 1.14. The molecule has 1 aromatic carbocycles. The van der Waals surface area contributed by atoms with Crippen LogP contribution >= 0.6 is 0 Å². The second-order valence-electron chi connectivity index (χ2n) is 3.71. The number of urea groups is 1. The lowest BCUT2D eigenvalue weighted by molar-refractivity contribution is 0.180. The van der Waals surface area contributed by atoms with Crippen molar-refractivity contribution in [1.29, 1.82) is 0 Å². The van der Waals surface area contributed by atoms with E-state index >= 15 is 0 Å². The first-order valence-corrected chi connectivity index (χ1v) is 6.41. The maximum atomic E-state index is 11.8. The number of amides is 2. The van der Waals surface area contributed by atoms with Crippen molar-refractivity contribution in [2.75, 3.05) is 19.3 Å². The van der Waals surface area contributed by atoms with Gasteiger partial charge >= 0.3 is 6.03 Å². The highest BCUT2D eigenvalue weighted by Gasteiger charge is 2.27. The van der Waals surface area contributed by atoms with E-state index < -0.39 is 11.0 Å². The molecule has 0 saturated carbocycles. The van der Waals surface area contributed by atoms with Crippen LogP contribution in [0, 0.1) is 0 Å². The number of rotatable bonds is 2. The molecule has 1 atom stereocenters. The molecule has 1 aromatic rings. The number of hydrogen-bond acceptors (Lipinski definition) is 2. The fourth-order valence-corrected chi connectivity index (χ4v) is 2.60. The lowest BCUT2D eigenvalue weighted by atomic mass is 10.2. The van der Waals surface area contributed by atoms with Crippen molar-refractivity contribution in [3.8, 4) is 0 Å². The molecule has 1 aliphatic heterocycles. The summed E-state index contributed by atoms with van der Waals surface area (Å²) in [6.07, 6.45) is 0. The predicted octanol–water partition coefficient (Wildman–Crippen LogP) is 1.22. The molecule has 0 aliphatic carbocycles. The van der Waals surface area contributed by atoms with Crippen molar-refractivity contribution in [1.82, 2.24) is 9.21 Å². The van der Waals surface area contributed by atoms with Gasteiger partial charge < -0.3 is 4.90 Å². The minimum absolute atomic E-state index is 0.159. The Kier molecular flexibility index (Phi) is 3.24. The zero-order valence-electron chi connectivity index (χ0n) is 9.13. The van der Waals surface area contributed by atoms with Crippen LogP contribution in [0.4, 0.5) is 4.79 Å². The van der Waals surface area contributed by atoms with Crippen molar-refractivity contribution in [3.63, 3.8) is 0 Å². The SMILES string of the molecule is CN1C(=O)N(Cc2ccccc2)CCS1=O. The normalized spacial score (nSPS) is 21.3. The summed E-state index contributed by atoms with van der Waals surface area (Å²) in [6, 6.07) is 9.66. The molecule has 0 aromatic heterocycles. The Hall–Kier alpha value is -1.36. The predicted molar refractivity (Wildman–Crippen MR) is 63.0 cm³/mol. The molecule has 86 valence electrons. The number of nitrogens with zero attached hydrogens (tertiary/aromatic N) is 2. The monoisotopic (exact) mass is 238 g/mol. The van der Waals surface area contributed by atoms with Gasteiger partial charge in [-0.2, -0.15) is 0 Å². The first-order chi connectivity index (χ1) is 7.68. The van der Waals surface area contributed by atoms with Gasteiger partial charge in [0, 0.05) is 20.1 Å². The Morgan fingerprint density at radius 2 is 2.00 bits per heavy atom. The number of benzene rings is 1. The molecule has 0 radical (unpaired) electrons. The van der Waals surface area contributed by atoms with Crippen molar-refractivity contribution in [2.45, 2.75) is 6.54 Å². The zero-order valence-corrected chi connectivity index (χ0v) is 9.94. The van der Waals surface area contributed by atoms with E-state index in [0.29, 0.717) is 18.8 Å². The van der Waals surface area contributed by atoms with E-state index in [1.807, 2.05) is 30.3 Å². The van der Waals surface area contributed by atoms with Crippen LogP contribution in [0.3, 0.4) is 0 Å². The molecule has 1 saturated heterocycles. The summed E-state index contributed by atoms with van der Waals surface area (Å²) < 4.78 is 12.7. The summed E-state index contributed by atoms with van der Waals surface area (Å²) in [5.74, 6) is 0.523. The molecular weight excluding hydrogens is 224 g/mol. The second-order valence-corrected chi connectivity index (χ2v) is 5.31. The highest BCUT2D eigenvalue weighted by molar-refractivity contribution is 7.83. The van der Waals surface area contributed by atoms with Crippen LogP contribution in [0.15, 0.2) is 30.3 Å². The van der Waals surface area contributed by atoms with Gasteiger partial charge in [-0.05, 0) is 5.56 Å². The van der Waals surface area contributed by atoms with Crippen LogP contribution in [0.5, 0.6) is 0 Å². The Morgan fingerprint density at radius 3 is 2.69 bits per heavy atom. The van der Waals surface area contributed by atoms with Crippen molar-refractivity contribution < 1.29 is 9.00 Å². The molecule has 0 N–H and O–H groups in total. The molecule has 0 bridgehead atoms. The quantitative estimate of drug-likeness (QED) is 0.777. The highest BCUT2D eigenvalue weighted by Crippen LogP contribution is 2.12. The number of hydrogen-bond donors (Lipinski definition) is 0. The van der Waals surface area contributed by atoms with Crippen LogP contribution in [-0.4, -0.2) is 38.8 Å². The fourth-order valence-electron chi connectivity index (χ4n) is 1.66. The molecular formula is C11H14N2O2S. The van der Waals surface area contributed by atoms with E-state index in [-0.39, 0.29) is 6.03 Å². The maximum Gasteiger partial charge on any atom is 0.331 e. The molecule has 0 spiro atoms. The molecule has 1 heterocycles. The minimum atomic E-state index is -1.15. The van der Waals surface area contributed by atoms with Gasteiger partial charge in [0.05, 0.1) is 5.75 Å². The van der Waals surface area contributed by atoms with E-state index in [1.54, 1.807) is 11.9 Å². The van der Waals surface area contributed by atoms with Crippen molar-refractivity contribution >= 4 is 17.0 Å². The summed E-state index contributed by atoms with van der Waals surface area (Å²) in [7, 11) is 0.427. The second kappa shape index (κ2) is 4.65. The Morgan fingerprint density at radius 1 is 1.31 bits per heavy atom. The number of carbonyl (C=O) groups excluding carboxylic acids is 1. The van der Waals surface area contributed by atoms with Gasteiger partial charge in [-0.25, -0.2) is 13.3 Å². The first-order valence-electron chi connectivity index (χ1n) is 5.13. The van der Waals surface area contributed by atoms with Crippen LogP contribution in [0.2, 0.25) is 0 Å². The largest absolute Gasteiger partial charge is 0.331 e. The lowest BCUT2D eigenvalue weighted by Gasteiger charge is -2.32. The van der Waals surface area contributed by atoms with E-state index in [9.17, 15) is 9.00 Å². The lowest BCUT2D eigenvalue weighted by Crippen LogP contribution is -2.49. The van der Waals surface area contributed by atoms with Gasteiger partial charge in [-0.3, -0.25) is 0 Å². The highest BCUT2D eigenvalue weighted by atomic mass is 32.2. The van der Waals surface area contributed by atoms with Crippen molar-refractivity contribution in [2.24, 2.45) is 0 Å². The average Bonchev–Trinajstić information content (AvgIpc) is 2.31. The van der Waals surface area contributed by atoms with Crippen LogP contribution < -0.4 is 0 Å². The molecule has 2 amide bonds. The summed E-state index contributed by atoms with van der Waals surface area (Å²) in [5.41, 5.74) is 1.09. The Balaban J connectivity index is 2.06. The van der Waals surface area contributed by atoms with E-state index in [1.165, 1.54) is 4.31 Å². The van der Waals surface area contributed by atoms with Crippen LogP contribution in [-0.2, 0) is 17.5 Å². The third-order valence-electron chi connectivity index (χ3n) is 2.60. The summed E-state index contributed by atoms with van der Waals surface area (Å²) in [5, 5.41) is 0. The van der Waals surface area contributed by atoms with Crippen molar-refractivity contribution in [3.05, 3.63) is 35.9 Å². The van der Waals surface area contributed by atoms with E-state index in [0.717, 1.165) is 5.56 Å². The van der Waals surface area contributed by atoms with Gasteiger partial charge in [-0.1, -0.05) is 30.3 Å². The molecule has 1 unspecified atom stereocenters. The molecule has 5 heteroatoms. The number of carbonyl (C=O) groups is 1. The smallest absolute Gasteiger partial charge is 0.319 e. The van der Waals surface area contributed by atoms with Crippen LogP contribution in [0.25, 0.3) is 0 Å². The van der Waals surface area contributed by atoms with Crippen LogP contribution in [0.1, 0.15) is 5.56 Å². The standard InChI is InChI=1S/C11H14N2O2S/c1-12-11(14)13(7-8-16(12)15)9-10-5-3-2-4-6-10/h2-6H,7-9H2,1H3. The third-order valence-corrected chi connectivity index (χ3v) is 3.90. The topological polar surface area (TPSA) is 40.6 Å². The average molecular weight is 238 g/mol. The summed E-state index contributed by atoms with van der Waals surface area (Å²) in [4.78, 5) is 13.5. The van der Waals surface area contributed by atoms with Gasteiger partial charge in [0.15, 0.2) is 0 Å².